The van der Waals surface area contributed by atoms with Gasteiger partial charge in [-0.25, -0.2) is 4.98 Å². The molecule has 2 rings (SSSR count). The van der Waals surface area contributed by atoms with Crippen molar-refractivity contribution >= 4 is 17.4 Å². The van der Waals surface area contributed by atoms with Gasteiger partial charge in [-0.15, -0.1) is 0 Å². The average Bonchev–Trinajstić information content (AvgIpc) is 2.33. The van der Waals surface area contributed by atoms with Crippen LogP contribution in [0.1, 0.15) is 10.4 Å². The zero-order chi connectivity index (χ0) is 12.3. The number of nitrogens with zero attached hydrogens (tertiary/aromatic N) is 1. The molecule has 17 heavy (non-hydrogen) atoms. The number of nitrogen functional groups attached to an aromatic ring is 1. The predicted octanol–water partition coefficient (Wildman–Crippen LogP) is 1.62. The zero-order valence-corrected chi connectivity index (χ0v) is 8.92. The van der Waals surface area contributed by atoms with Crippen molar-refractivity contribution in [3.63, 3.8) is 0 Å². The summed E-state index contributed by atoms with van der Waals surface area (Å²) >= 11 is 0. The molecule has 0 bridgehead atoms. The third-order valence-corrected chi connectivity index (χ3v) is 2.16. The highest BCUT2D eigenvalue weighted by Crippen LogP contribution is 2.12. The van der Waals surface area contributed by atoms with Crippen LogP contribution in [-0.2, 0) is 0 Å². The first-order valence-corrected chi connectivity index (χ1v) is 4.97. The van der Waals surface area contributed by atoms with Crippen molar-refractivity contribution in [2.75, 3.05) is 11.1 Å². The molecule has 0 aliphatic carbocycles. The number of aromatic nitrogens is 1. The molecule has 1 heterocycles. The second kappa shape index (κ2) is 4.52. The minimum atomic E-state index is -0.290. The van der Waals surface area contributed by atoms with Crippen LogP contribution in [0, 0.1) is 0 Å². The van der Waals surface area contributed by atoms with Gasteiger partial charge in [0.15, 0.2) is 0 Å². The van der Waals surface area contributed by atoms with Gasteiger partial charge in [0.25, 0.3) is 5.91 Å². The van der Waals surface area contributed by atoms with E-state index in [1.54, 1.807) is 12.1 Å². The molecular weight excluding hydrogens is 218 g/mol. The Hall–Kier alpha value is -2.56. The summed E-state index contributed by atoms with van der Waals surface area (Å²) in [7, 11) is 0. The van der Waals surface area contributed by atoms with E-state index in [1.165, 1.54) is 30.5 Å². The topological polar surface area (TPSA) is 88.2 Å². The van der Waals surface area contributed by atoms with Crippen LogP contribution in [0.2, 0.25) is 0 Å². The second-order valence-electron chi connectivity index (χ2n) is 3.48. The normalized spacial score (nSPS) is 9.88. The molecule has 0 fully saturated rings. The Balaban J connectivity index is 2.11. The van der Waals surface area contributed by atoms with Gasteiger partial charge in [0.2, 0.25) is 0 Å². The van der Waals surface area contributed by atoms with Crippen molar-refractivity contribution in [2.24, 2.45) is 0 Å². The zero-order valence-electron chi connectivity index (χ0n) is 8.92. The minimum absolute atomic E-state index is 0.118. The van der Waals surface area contributed by atoms with E-state index in [2.05, 4.69) is 10.3 Å². The highest BCUT2D eigenvalue weighted by molar-refractivity contribution is 6.03. The van der Waals surface area contributed by atoms with Crippen LogP contribution in [-0.4, -0.2) is 16.0 Å². The lowest BCUT2D eigenvalue weighted by Crippen LogP contribution is -2.12. The van der Waals surface area contributed by atoms with Gasteiger partial charge in [-0.2, -0.15) is 0 Å². The van der Waals surface area contributed by atoms with Crippen LogP contribution >= 0.6 is 0 Å². The Morgan fingerprint density at radius 1 is 1.18 bits per heavy atom. The number of aromatic hydroxyl groups is 1. The van der Waals surface area contributed by atoms with Crippen LogP contribution in [0.4, 0.5) is 11.5 Å². The Labute approximate surface area is 97.9 Å². The molecule has 5 nitrogen and oxygen atoms in total. The van der Waals surface area contributed by atoms with E-state index in [4.69, 9.17) is 10.8 Å². The molecule has 0 radical (unpaired) electrons. The Morgan fingerprint density at radius 3 is 2.47 bits per heavy atom. The van der Waals surface area contributed by atoms with Crippen LogP contribution in [0.25, 0.3) is 0 Å². The van der Waals surface area contributed by atoms with Gasteiger partial charge in [-0.05, 0) is 36.4 Å². The SMILES string of the molecule is Nc1ccc(NC(=O)c2ccc(O)cc2)nc1. The smallest absolute Gasteiger partial charge is 0.256 e. The van der Waals surface area contributed by atoms with Gasteiger partial charge in [0.05, 0.1) is 11.9 Å². The van der Waals surface area contributed by atoms with Crippen LogP contribution in [0.15, 0.2) is 42.6 Å². The summed E-state index contributed by atoms with van der Waals surface area (Å²) < 4.78 is 0. The first-order chi connectivity index (χ1) is 8.15. The summed E-state index contributed by atoms with van der Waals surface area (Å²) in [6.45, 7) is 0. The number of pyridine rings is 1. The summed E-state index contributed by atoms with van der Waals surface area (Å²) in [5.41, 5.74) is 6.46. The lowest BCUT2D eigenvalue weighted by molar-refractivity contribution is 0.102. The van der Waals surface area contributed by atoms with Gasteiger partial charge >= 0.3 is 0 Å². The number of amides is 1. The molecule has 1 aromatic carbocycles. The predicted molar refractivity (Wildman–Crippen MR) is 64.7 cm³/mol. The molecule has 4 N–H and O–H groups in total. The van der Waals surface area contributed by atoms with Gasteiger partial charge in [0, 0.05) is 5.56 Å². The van der Waals surface area contributed by atoms with Gasteiger partial charge < -0.3 is 16.2 Å². The van der Waals surface area contributed by atoms with Crippen molar-refractivity contribution in [3.8, 4) is 5.75 Å². The summed E-state index contributed by atoms with van der Waals surface area (Å²) in [4.78, 5) is 15.7. The largest absolute Gasteiger partial charge is 0.508 e. The van der Waals surface area contributed by atoms with Crippen molar-refractivity contribution in [2.45, 2.75) is 0 Å². The number of nitrogens with one attached hydrogen (secondary N) is 1. The number of rotatable bonds is 2. The summed E-state index contributed by atoms with van der Waals surface area (Å²) in [5.74, 6) is 0.256. The number of carbonyl (C=O) groups excluding carboxylic acids is 1. The molecule has 0 saturated carbocycles. The first kappa shape index (κ1) is 10.9. The molecule has 1 amide bonds. The van der Waals surface area contributed by atoms with Crippen LogP contribution in [0.3, 0.4) is 0 Å². The van der Waals surface area contributed by atoms with E-state index in [-0.39, 0.29) is 11.7 Å². The molecule has 0 spiro atoms. The van der Waals surface area contributed by atoms with E-state index in [0.717, 1.165) is 0 Å². The third kappa shape index (κ3) is 2.72. The molecule has 0 aliphatic heterocycles. The number of phenolic OH excluding ortho intramolecular Hbond substituents is 1. The lowest BCUT2D eigenvalue weighted by atomic mass is 10.2. The van der Waals surface area contributed by atoms with Crippen molar-refractivity contribution < 1.29 is 9.90 Å². The van der Waals surface area contributed by atoms with Crippen LogP contribution < -0.4 is 11.1 Å². The fourth-order valence-electron chi connectivity index (χ4n) is 1.28. The molecule has 2 aromatic rings. The van der Waals surface area contributed by atoms with Crippen molar-refractivity contribution in [3.05, 3.63) is 48.2 Å². The maximum Gasteiger partial charge on any atom is 0.256 e. The minimum Gasteiger partial charge on any atom is -0.508 e. The van der Waals surface area contributed by atoms with E-state index in [0.29, 0.717) is 17.1 Å². The first-order valence-electron chi connectivity index (χ1n) is 4.97. The summed E-state index contributed by atoms with van der Waals surface area (Å²) in [5, 5.41) is 11.7. The Bertz CT molecular complexity index is 520. The van der Waals surface area contributed by atoms with E-state index < -0.39 is 0 Å². The number of anilines is 2. The van der Waals surface area contributed by atoms with Crippen molar-refractivity contribution in [1.29, 1.82) is 0 Å². The van der Waals surface area contributed by atoms with E-state index in [1.807, 2.05) is 0 Å². The molecule has 86 valence electrons. The maximum atomic E-state index is 11.7. The number of carbonyl (C=O) groups is 1. The van der Waals surface area contributed by atoms with E-state index >= 15 is 0 Å². The molecule has 0 unspecified atom stereocenters. The monoisotopic (exact) mass is 229 g/mol. The van der Waals surface area contributed by atoms with Gasteiger partial charge in [-0.1, -0.05) is 0 Å². The highest BCUT2D eigenvalue weighted by Gasteiger charge is 2.06. The Morgan fingerprint density at radius 2 is 1.88 bits per heavy atom. The number of hydrogen-bond acceptors (Lipinski definition) is 4. The van der Waals surface area contributed by atoms with Crippen LogP contribution in [0.5, 0.6) is 5.75 Å². The fraction of sp³-hybridized carbons (Fsp3) is 0. The fourth-order valence-corrected chi connectivity index (χ4v) is 1.28. The van der Waals surface area contributed by atoms with Gasteiger partial charge in [0.1, 0.15) is 11.6 Å². The number of phenols is 1. The molecule has 0 aliphatic rings. The number of nitrogens with two attached hydrogens (primary N) is 1. The number of hydrogen-bond donors (Lipinski definition) is 3. The molecule has 5 heteroatoms. The molecular formula is C12H11N3O2. The second-order valence-corrected chi connectivity index (χ2v) is 3.48. The standard InChI is InChI=1S/C12H11N3O2/c13-9-3-6-11(14-7-9)15-12(17)8-1-4-10(16)5-2-8/h1-7,16H,13H2,(H,14,15,17). The highest BCUT2D eigenvalue weighted by atomic mass is 16.3. The quantitative estimate of drug-likeness (QED) is 0.730. The van der Waals surface area contributed by atoms with Crippen molar-refractivity contribution in [1.82, 2.24) is 4.98 Å². The number of benzene rings is 1. The molecule has 0 atom stereocenters. The van der Waals surface area contributed by atoms with Gasteiger partial charge in [-0.3, -0.25) is 4.79 Å². The summed E-state index contributed by atoms with van der Waals surface area (Å²) in [6, 6.07) is 9.23. The molecule has 0 saturated heterocycles. The Kier molecular flexibility index (Phi) is 2.91. The average molecular weight is 229 g/mol. The maximum absolute atomic E-state index is 11.7. The molecule has 1 aromatic heterocycles. The summed E-state index contributed by atoms with van der Waals surface area (Å²) in [6.07, 6.45) is 1.46. The lowest BCUT2D eigenvalue weighted by Gasteiger charge is -2.04. The third-order valence-electron chi connectivity index (χ3n) is 2.16. The van der Waals surface area contributed by atoms with E-state index in [9.17, 15) is 4.79 Å².